The largest absolute Gasteiger partial charge is 0.416 e. The zero-order chi connectivity index (χ0) is 22.7. The van der Waals surface area contributed by atoms with Crippen LogP contribution in [0, 0.1) is 6.92 Å². The van der Waals surface area contributed by atoms with Crippen LogP contribution in [0.1, 0.15) is 40.9 Å². The van der Waals surface area contributed by atoms with Gasteiger partial charge in [-0.1, -0.05) is 12.1 Å². The van der Waals surface area contributed by atoms with Crippen molar-refractivity contribution in [3.05, 3.63) is 58.7 Å². The molecule has 1 fully saturated rings. The lowest BCUT2D eigenvalue weighted by Crippen LogP contribution is -2.36. The van der Waals surface area contributed by atoms with Gasteiger partial charge in [-0.25, -0.2) is 9.97 Å². The molecule has 6 nitrogen and oxygen atoms in total. The third-order valence-electron chi connectivity index (χ3n) is 5.94. The fourth-order valence-corrected chi connectivity index (χ4v) is 4.15. The van der Waals surface area contributed by atoms with Gasteiger partial charge in [0.2, 0.25) is 0 Å². The van der Waals surface area contributed by atoms with Crippen molar-refractivity contribution in [2.75, 3.05) is 37.8 Å². The molecule has 2 aromatic heterocycles. The number of morpholine rings is 1. The standard InChI is InChI=1S/C23H27F3N4O2/c1-16-17(5-4-6-18(16)23(24,25)26)13-20-19(7-2-3-10-31)28-21-14-27-22(15-30(20)21)29-8-11-32-12-9-29/h4-6,14-15,31H,2-3,7-13H2,1H3. The van der Waals surface area contributed by atoms with Gasteiger partial charge in [-0.2, -0.15) is 13.2 Å². The number of unbranched alkanes of at least 4 members (excludes halogenated alkanes) is 1. The van der Waals surface area contributed by atoms with E-state index < -0.39 is 11.7 Å². The molecular formula is C23H27F3N4O2. The Morgan fingerprint density at radius 3 is 2.66 bits per heavy atom. The summed E-state index contributed by atoms with van der Waals surface area (Å²) in [6.07, 6.45) is 1.60. The molecule has 0 atom stereocenters. The highest BCUT2D eigenvalue weighted by molar-refractivity contribution is 5.49. The topological polar surface area (TPSA) is 62.9 Å². The maximum Gasteiger partial charge on any atom is 0.416 e. The van der Waals surface area contributed by atoms with Crippen LogP contribution in [0.4, 0.5) is 19.0 Å². The van der Waals surface area contributed by atoms with Crippen LogP contribution in [-0.4, -0.2) is 52.4 Å². The first-order valence-electron chi connectivity index (χ1n) is 10.8. The first-order chi connectivity index (χ1) is 15.4. The predicted molar refractivity (Wildman–Crippen MR) is 115 cm³/mol. The lowest BCUT2D eigenvalue weighted by Gasteiger charge is -2.27. The molecule has 0 bridgehead atoms. The molecule has 0 unspecified atom stereocenters. The fraction of sp³-hybridized carbons (Fsp3) is 0.478. The number of benzene rings is 1. The Labute approximate surface area is 184 Å². The Kier molecular flexibility index (Phi) is 6.66. The minimum absolute atomic E-state index is 0.0954. The van der Waals surface area contributed by atoms with Gasteiger partial charge in [0.05, 0.1) is 42.6 Å². The molecule has 1 N–H and O–H groups in total. The molecule has 32 heavy (non-hydrogen) atoms. The number of halogens is 3. The lowest BCUT2D eigenvalue weighted by atomic mass is 9.97. The molecule has 9 heteroatoms. The molecule has 1 aromatic carbocycles. The summed E-state index contributed by atoms with van der Waals surface area (Å²) >= 11 is 0. The third-order valence-corrected chi connectivity index (χ3v) is 5.94. The summed E-state index contributed by atoms with van der Waals surface area (Å²) in [5.74, 6) is 0.794. The second-order valence-corrected chi connectivity index (χ2v) is 8.02. The summed E-state index contributed by atoms with van der Waals surface area (Å²) < 4.78 is 47.7. The predicted octanol–water partition coefficient (Wildman–Crippen LogP) is 3.80. The molecule has 172 valence electrons. The van der Waals surface area contributed by atoms with Gasteiger partial charge in [0.1, 0.15) is 5.82 Å². The molecule has 3 heterocycles. The number of aryl methyl sites for hydroxylation is 1. The van der Waals surface area contributed by atoms with Crippen LogP contribution in [0.3, 0.4) is 0 Å². The van der Waals surface area contributed by atoms with Crippen molar-refractivity contribution >= 4 is 11.5 Å². The van der Waals surface area contributed by atoms with E-state index in [-0.39, 0.29) is 12.2 Å². The number of aromatic nitrogens is 3. The maximum absolute atomic E-state index is 13.4. The van der Waals surface area contributed by atoms with Crippen molar-refractivity contribution in [3.8, 4) is 0 Å². The van der Waals surface area contributed by atoms with E-state index in [1.54, 1.807) is 12.3 Å². The molecule has 0 aliphatic carbocycles. The number of anilines is 1. The number of fused-ring (bicyclic) bond motifs is 1. The summed E-state index contributed by atoms with van der Waals surface area (Å²) in [7, 11) is 0. The highest BCUT2D eigenvalue weighted by Crippen LogP contribution is 2.34. The summed E-state index contributed by atoms with van der Waals surface area (Å²) in [5, 5.41) is 9.15. The smallest absolute Gasteiger partial charge is 0.396 e. The van der Waals surface area contributed by atoms with Gasteiger partial charge in [-0.3, -0.25) is 4.40 Å². The minimum atomic E-state index is -4.39. The summed E-state index contributed by atoms with van der Waals surface area (Å²) in [5.41, 5.74) is 2.60. The number of nitrogens with zero attached hydrogens (tertiary/aromatic N) is 4. The third kappa shape index (κ3) is 4.73. The van der Waals surface area contributed by atoms with Gasteiger partial charge in [-0.05, 0) is 43.4 Å². The first-order valence-corrected chi connectivity index (χ1v) is 10.8. The van der Waals surface area contributed by atoms with Gasteiger partial charge in [-0.15, -0.1) is 0 Å². The van der Waals surface area contributed by atoms with Crippen LogP contribution in [0.15, 0.2) is 30.6 Å². The second kappa shape index (κ2) is 9.46. The van der Waals surface area contributed by atoms with Crippen molar-refractivity contribution in [2.24, 2.45) is 0 Å². The number of aliphatic hydroxyl groups excluding tert-OH is 1. The average Bonchev–Trinajstić information content (AvgIpc) is 3.11. The molecule has 1 aliphatic rings. The number of hydrogen-bond acceptors (Lipinski definition) is 5. The average molecular weight is 448 g/mol. The minimum Gasteiger partial charge on any atom is -0.396 e. The van der Waals surface area contributed by atoms with Crippen molar-refractivity contribution in [1.29, 1.82) is 0 Å². The molecule has 3 aromatic rings. The molecule has 1 saturated heterocycles. The number of alkyl halides is 3. The molecule has 0 radical (unpaired) electrons. The highest BCUT2D eigenvalue weighted by atomic mass is 19.4. The zero-order valence-corrected chi connectivity index (χ0v) is 18.0. The molecular weight excluding hydrogens is 421 g/mol. The Balaban J connectivity index is 1.75. The van der Waals surface area contributed by atoms with Crippen LogP contribution < -0.4 is 4.90 Å². The Hall–Kier alpha value is -2.65. The second-order valence-electron chi connectivity index (χ2n) is 8.02. The monoisotopic (exact) mass is 448 g/mol. The number of hydrogen-bond donors (Lipinski definition) is 1. The number of rotatable bonds is 7. The van der Waals surface area contributed by atoms with E-state index in [1.807, 2.05) is 10.6 Å². The van der Waals surface area contributed by atoms with E-state index in [0.717, 1.165) is 42.8 Å². The van der Waals surface area contributed by atoms with Crippen LogP contribution in [0.25, 0.3) is 5.65 Å². The van der Waals surface area contributed by atoms with Crippen LogP contribution in [-0.2, 0) is 23.8 Å². The number of ether oxygens (including phenoxy) is 1. The van der Waals surface area contributed by atoms with Crippen molar-refractivity contribution in [2.45, 2.75) is 38.8 Å². The van der Waals surface area contributed by atoms with Crippen LogP contribution >= 0.6 is 0 Å². The molecule has 4 rings (SSSR count). The molecule has 1 aliphatic heterocycles. The molecule has 0 spiro atoms. The SMILES string of the molecule is Cc1c(Cc2c(CCCCO)nc3cnc(N4CCOCC4)cn23)cccc1C(F)(F)F. The Morgan fingerprint density at radius 1 is 1.16 bits per heavy atom. The van der Waals surface area contributed by atoms with E-state index in [9.17, 15) is 13.2 Å². The van der Waals surface area contributed by atoms with Gasteiger partial charge in [0, 0.05) is 26.1 Å². The van der Waals surface area contributed by atoms with Crippen molar-refractivity contribution in [1.82, 2.24) is 14.4 Å². The fourth-order valence-electron chi connectivity index (χ4n) is 4.15. The van der Waals surface area contributed by atoms with Crippen molar-refractivity contribution < 1.29 is 23.0 Å². The van der Waals surface area contributed by atoms with Gasteiger partial charge < -0.3 is 14.7 Å². The summed E-state index contributed by atoms with van der Waals surface area (Å²) in [4.78, 5) is 11.4. The van der Waals surface area contributed by atoms with E-state index in [4.69, 9.17) is 14.8 Å². The normalized spacial score (nSPS) is 15.0. The van der Waals surface area contributed by atoms with Crippen LogP contribution in [0.2, 0.25) is 0 Å². The molecule has 0 saturated carbocycles. The maximum atomic E-state index is 13.4. The van der Waals surface area contributed by atoms with E-state index >= 15 is 0 Å². The quantitative estimate of drug-likeness (QED) is 0.557. The number of aliphatic hydroxyl groups is 1. The highest BCUT2D eigenvalue weighted by Gasteiger charge is 2.33. The lowest BCUT2D eigenvalue weighted by molar-refractivity contribution is -0.138. The summed E-state index contributed by atoms with van der Waals surface area (Å²) in [6, 6.07) is 4.32. The Morgan fingerprint density at radius 2 is 1.94 bits per heavy atom. The zero-order valence-electron chi connectivity index (χ0n) is 18.0. The first kappa shape index (κ1) is 22.5. The van der Waals surface area contributed by atoms with Gasteiger partial charge >= 0.3 is 6.18 Å². The van der Waals surface area contributed by atoms with E-state index in [1.165, 1.54) is 13.0 Å². The van der Waals surface area contributed by atoms with Crippen molar-refractivity contribution in [3.63, 3.8) is 0 Å². The van der Waals surface area contributed by atoms with E-state index in [0.29, 0.717) is 43.7 Å². The van der Waals surface area contributed by atoms with Gasteiger partial charge in [0.25, 0.3) is 0 Å². The molecule has 0 amide bonds. The number of imidazole rings is 1. The van der Waals surface area contributed by atoms with Gasteiger partial charge in [0.15, 0.2) is 5.65 Å². The van der Waals surface area contributed by atoms with Crippen LogP contribution in [0.5, 0.6) is 0 Å². The summed E-state index contributed by atoms with van der Waals surface area (Å²) in [6.45, 7) is 4.35. The Bertz CT molecular complexity index is 1080. The van der Waals surface area contributed by atoms with E-state index in [2.05, 4.69) is 9.88 Å².